The first-order chi connectivity index (χ1) is 7.08. The van der Waals surface area contributed by atoms with Crippen molar-refractivity contribution in [3.8, 4) is 0 Å². The van der Waals surface area contributed by atoms with Crippen LogP contribution in [0.2, 0.25) is 0 Å². The molecular weight excluding hydrogens is 196 g/mol. The van der Waals surface area contributed by atoms with Crippen molar-refractivity contribution in [1.82, 2.24) is 0 Å². The molecule has 1 aliphatic rings. The van der Waals surface area contributed by atoms with E-state index in [1.807, 2.05) is 0 Å². The summed E-state index contributed by atoms with van der Waals surface area (Å²) in [6.45, 7) is 4.29. The SMILES string of the molecule is CCCCCC1OCC(C)(C(=O)O)CO1. The van der Waals surface area contributed by atoms with Crippen LogP contribution in [0.4, 0.5) is 0 Å². The molecule has 0 atom stereocenters. The number of aliphatic carboxylic acids is 1. The Morgan fingerprint density at radius 3 is 2.47 bits per heavy atom. The molecule has 0 saturated carbocycles. The molecule has 15 heavy (non-hydrogen) atoms. The van der Waals surface area contributed by atoms with Crippen LogP contribution in [0.15, 0.2) is 0 Å². The van der Waals surface area contributed by atoms with Gasteiger partial charge in [-0.05, 0) is 19.8 Å². The van der Waals surface area contributed by atoms with E-state index in [-0.39, 0.29) is 19.5 Å². The summed E-state index contributed by atoms with van der Waals surface area (Å²) in [5.74, 6) is -0.852. The maximum atomic E-state index is 10.9. The van der Waals surface area contributed by atoms with Gasteiger partial charge in [-0.3, -0.25) is 4.79 Å². The Balaban J connectivity index is 2.26. The fourth-order valence-corrected chi connectivity index (χ4v) is 1.49. The highest BCUT2D eigenvalue weighted by Crippen LogP contribution is 2.26. The first-order valence-corrected chi connectivity index (χ1v) is 5.55. The van der Waals surface area contributed by atoms with Crippen LogP contribution >= 0.6 is 0 Å². The van der Waals surface area contributed by atoms with Crippen LogP contribution in [0.5, 0.6) is 0 Å². The maximum absolute atomic E-state index is 10.9. The van der Waals surface area contributed by atoms with Gasteiger partial charge in [0.2, 0.25) is 0 Å². The minimum atomic E-state index is -0.874. The Morgan fingerprint density at radius 1 is 1.40 bits per heavy atom. The Bertz CT molecular complexity index is 207. The van der Waals surface area contributed by atoms with Crippen molar-refractivity contribution in [3.63, 3.8) is 0 Å². The van der Waals surface area contributed by atoms with E-state index in [9.17, 15) is 4.79 Å². The number of carboxylic acids is 1. The third kappa shape index (κ3) is 3.47. The average Bonchev–Trinajstić information content (AvgIpc) is 2.21. The van der Waals surface area contributed by atoms with Crippen molar-refractivity contribution < 1.29 is 19.4 Å². The van der Waals surface area contributed by atoms with Gasteiger partial charge in [-0.25, -0.2) is 0 Å². The van der Waals surface area contributed by atoms with Gasteiger partial charge in [-0.15, -0.1) is 0 Å². The van der Waals surface area contributed by atoms with Crippen molar-refractivity contribution in [1.29, 1.82) is 0 Å². The zero-order chi connectivity index (χ0) is 11.3. The van der Waals surface area contributed by atoms with Crippen LogP contribution in [0.3, 0.4) is 0 Å². The Kier molecular flexibility index (Phi) is 4.54. The number of carbonyl (C=O) groups is 1. The Hall–Kier alpha value is -0.610. The van der Waals surface area contributed by atoms with Gasteiger partial charge >= 0.3 is 5.97 Å². The van der Waals surface area contributed by atoms with E-state index in [1.54, 1.807) is 6.92 Å². The van der Waals surface area contributed by atoms with Gasteiger partial charge in [0.05, 0.1) is 13.2 Å². The van der Waals surface area contributed by atoms with Crippen LogP contribution in [-0.2, 0) is 14.3 Å². The summed E-state index contributed by atoms with van der Waals surface area (Å²) in [4.78, 5) is 10.9. The second-order valence-corrected chi connectivity index (χ2v) is 4.41. The third-order valence-corrected chi connectivity index (χ3v) is 2.74. The lowest BCUT2D eigenvalue weighted by Crippen LogP contribution is -2.44. The largest absolute Gasteiger partial charge is 0.481 e. The smallest absolute Gasteiger partial charge is 0.314 e. The van der Waals surface area contributed by atoms with Gasteiger partial charge in [0.15, 0.2) is 6.29 Å². The molecule has 0 aromatic carbocycles. The van der Waals surface area contributed by atoms with Gasteiger partial charge < -0.3 is 14.6 Å². The second-order valence-electron chi connectivity index (χ2n) is 4.41. The molecule has 0 aliphatic carbocycles. The van der Waals surface area contributed by atoms with E-state index in [0.29, 0.717) is 0 Å². The van der Waals surface area contributed by atoms with Crippen molar-refractivity contribution in [2.24, 2.45) is 5.41 Å². The first-order valence-electron chi connectivity index (χ1n) is 5.55. The molecular formula is C11H20O4. The summed E-state index contributed by atoms with van der Waals surface area (Å²) in [5.41, 5.74) is -0.874. The predicted octanol–water partition coefficient (Wildman–Crippen LogP) is 2.03. The summed E-state index contributed by atoms with van der Waals surface area (Å²) in [6.07, 6.45) is 4.07. The maximum Gasteiger partial charge on any atom is 0.314 e. The molecule has 4 nitrogen and oxygen atoms in total. The molecule has 1 aliphatic heterocycles. The molecule has 1 saturated heterocycles. The summed E-state index contributed by atoms with van der Waals surface area (Å²) in [5, 5.41) is 8.94. The molecule has 0 amide bonds. The highest BCUT2D eigenvalue weighted by Gasteiger charge is 2.39. The molecule has 0 bridgehead atoms. The lowest BCUT2D eigenvalue weighted by Gasteiger charge is -2.34. The van der Waals surface area contributed by atoms with Crippen molar-refractivity contribution in [2.75, 3.05) is 13.2 Å². The lowest BCUT2D eigenvalue weighted by molar-refractivity contribution is -0.232. The zero-order valence-corrected chi connectivity index (χ0v) is 9.49. The summed E-state index contributed by atoms with van der Waals surface area (Å²) in [7, 11) is 0. The molecule has 0 aromatic rings. The molecule has 1 rings (SSSR count). The topological polar surface area (TPSA) is 55.8 Å². The second kappa shape index (κ2) is 5.47. The molecule has 88 valence electrons. The van der Waals surface area contributed by atoms with Crippen molar-refractivity contribution in [3.05, 3.63) is 0 Å². The average molecular weight is 216 g/mol. The number of ether oxygens (including phenoxy) is 2. The minimum Gasteiger partial charge on any atom is -0.481 e. The first kappa shape index (κ1) is 12.5. The highest BCUT2D eigenvalue weighted by molar-refractivity contribution is 5.74. The van der Waals surface area contributed by atoms with Crippen LogP contribution in [0.25, 0.3) is 0 Å². The van der Waals surface area contributed by atoms with E-state index in [1.165, 1.54) is 12.8 Å². The van der Waals surface area contributed by atoms with Gasteiger partial charge in [0.1, 0.15) is 5.41 Å². The zero-order valence-electron chi connectivity index (χ0n) is 9.49. The molecule has 1 heterocycles. The van der Waals surface area contributed by atoms with Crippen LogP contribution in [-0.4, -0.2) is 30.6 Å². The fourth-order valence-electron chi connectivity index (χ4n) is 1.49. The molecule has 1 fully saturated rings. The minimum absolute atomic E-state index is 0.205. The van der Waals surface area contributed by atoms with Gasteiger partial charge in [-0.2, -0.15) is 0 Å². The summed E-state index contributed by atoms with van der Waals surface area (Å²) in [6, 6.07) is 0. The molecule has 0 radical (unpaired) electrons. The quantitative estimate of drug-likeness (QED) is 0.714. The van der Waals surface area contributed by atoms with E-state index in [2.05, 4.69) is 6.92 Å². The highest BCUT2D eigenvalue weighted by atomic mass is 16.7. The molecule has 1 N–H and O–H groups in total. The molecule has 0 spiro atoms. The fraction of sp³-hybridized carbons (Fsp3) is 0.909. The molecule has 4 heteroatoms. The summed E-state index contributed by atoms with van der Waals surface area (Å²) >= 11 is 0. The van der Waals surface area contributed by atoms with Crippen molar-refractivity contribution in [2.45, 2.75) is 45.8 Å². The summed E-state index contributed by atoms with van der Waals surface area (Å²) < 4.78 is 10.8. The van der Waals surface area contributed by atoms with E-state index in [4.69, 9.17) is 14.6 Å². The van der Waals surface area contributed by atoms with Crippen LogP contribution < -0.4 is 0 Å². The van der Waals surface area contributed by atoms with E-state index in [0.717, 1.165) is 12.8 Å². The standard InChI is InChI=1S/C11H20O4/c1-3-4-5-6-9-14-7-11(2,8-15-9)10(12)13/h9H,3-8H2,1-2H3,(H,12,13). The monoisotopic (exact) mass is 216 g/mol. The number of hydrogen-bond acceptors (Lipinski definition) is 3. The van der Waals surface area contributed by atoms with Gasteiger partial charge in [0.25, 0.3) is 0 Å². The molecule has 0 aromatic heterocycles. The van der Waals surface area contributed by atoms with Gasteiger partial charge in [-0.1, -0.05) is 19.8 Å². The normalized spacial score (nSPS) is 31.5. The lowest BCUT2D eigenvalue weighted by atomic mass is 9.92. The van der Waals surface area contributed by atoms with Crippen LogP contribution in [0.1, 0.15) is 39.5 Å². The van der Waals surface area contributed by atoms with Crippen molar-refractivity contribution >= 4 is 5.97 Å². The molecule has 0 unspecified atom stereocenters. The van der Waals surface area contributed by atoms with E-state index < -0.39 is 11.4 Å². The van der Waals surface area contributed by atoms with Crippen LogP contribution in [0, 0.1) is 5.41 Å². The Morgan fingerprint density at radius 2 is 2.00 bits per heavy atom. The van der Waals surface area contributed by atoms with E-state index >= 15 is 0 Å². The van der Waals surface area contributed by atoms with Gasteiger partial charge in [0, 0.05) is 0 Å². The number of hydrogen-bond donors (Lipinski definition) is 1. The Labute approximate surface area is 90.6 Å². The number of rotatable bonds is 5. The number of unbranched alkanes of at least 4 members (excludes halogenated alkanes) is 2. The predicted molar refractivity (Wildman–Crippen MR) is 55.6 cm³/mol. The third-order valence-electron chi connectivity index (χ3n) is 2.74. The number of carboxylic acid groups (broad SMARTS) is 1.